The molecule has 1 rings (SSSR count). The van der Waals surface area contributed by atoms with E-state index in [1.54, 1.807) is 18.2 Å². The maximum absolute atomic E-state index is 11.1. The zero-order valence-corrected chi connectivity index (χ0v) is 13.5. The molecule has 0 saturated heterocycles. The Labute approximate surface area is 135 Å². The van der Waals surface area contributed by atoms with Crippen LogP contribution in [0.15, 0.2) is 18.2 Å². The van der Waals surface area contributed by atoms with Gasteiger partial charge in [-0.2, -0.15) is 8.42 Å². The molecule has 2 atom stereocenters. The van der Waals surface area contributed by atoms with Crippen LogP contribution in [0.3, 0.4) is 0 Å². The van der Waals surface area contributed by atoms with Crippen molar-refractivity contribution in [1.29, 1.82) is 0 Å². The molecule has 0 aromatic heterocycles. The van der Waals surface area contributed by atoms with Gasteiger partial charge in [-0.1, -0.05) is 18.2 Å². The minimum atomic E-state index is -4.10. The summed E-state index contributed by atoms with van der Waals surface area (Å²) < 4.78 is 30.7. The van der Waals surface area contributed by atoms with Crippen molar-refractivity contribution in [1.82, 2.24) is 0 Å². The number of hydrogen-bond donors (Lipinski definition) is 5. The van der Waals surface area contributed by atoms with Crippen molar-refractivity contribution in [2.75, 3.05) is 12.3 Å². The van der Waals surface area contributed by atoms with Gasteiger partial charge in [0.2, 0.25) is 5.91 Å². The first-order valence-corrected chi connectivity index (χ1v) is 8.72. The molecule has 9 heteroatoms. The van der Waals surface area contributed by atoms with Gasteiger partial charge >= 0.3 is 0 Å². The molecular weight excluding hydrogens is 322 g/mol. The van der Waals surface area contributed by atoms with Crippen molar-refractivity contribution in [3.8, 4) is 0 Å². The molecule has 1 aromatic carbocycles. The molecule has 23 heavy (non-hydrogen) atoms. The molecule has 8 nitrogen and oxygen atoms in total. The fourth-order valence-electron chi connectivity index (χ4n) is 2.48. The van der Waals surface area contributed by atoms with Crippen molar-refractivity contribution < 1.29 is 22.9 Å². The van der Waals surface area contributed by atoms with Crippen LogP contribution in [-0.2, 0) is 27.9 Å². The van der Waals surface area contributed by atoms with E-state index in [0.29, 0.717) is 16.7 Å². The summed E-state index contributed by atoms with van der Waals surface area (Å²) in [6.07, 6.45) is 0.280. The van der Waals surface area contributed by atoms with E-state index >= 15 is 0 Å². The Balaban J connectivity index is 3.11. The highest BCUT2D eigenvalue weighted by Crippen LogP contribution is 2.27. The van der Waals surface area contributed by atoms with Gasteiger partial charge in [0.25, 0.3) is 10.1 Å². The lowest BCUT2D eigenvalue weighted by Gasteiger charge is -2.22. The Morgan fingerprint density at radius 3 is 2.43 bits per heavy atom. The van der Waals surface area contributed by atoms with Gasteiger partial charge in [-0.05, 0) is 42.0 Å². The Hall–Kier alpha value is -1.52. The van der Waals surface area contributed by atoms with Crippen LogP contribution in [0.1, 0.15) is 29.0 Å². The van der Waals surface area contributed by atoms with Gasteiger partial charge in [-0.3, -0.25) is 9.35 Å². The Kier molecular flexibility index (Phi) is 7.10. The lowest BCUT2D eigenvalue weighted by Crippen LogP contribution is -2.38. The first-order valence-electron chi connectivity index (χ1n) is 7.11. The maximum Gasteiger partial charge on any atom is 0.265 e. The summed E-state index contributed by atoms with van der Waals surface area (Å²) >= 11 is 0. The Bertz CT molecular complexity index is 648. The van der Waals surface area contributed by atoms with Crippen molar-refractivity contribution in [2.24, 2.45) is 17.2 Å². The number of rotatable bonds is 9. The molecule has 0 bridgehead atoms. The normalized spacial score (nSPS) is 14.4. The number of amides is 1. The van der Waals surface area contributed by atoms with E-state index in [1.807, 2.05) is 0 Å². The third-order valence-corrected chi connectivity index (χ3v) is 4.45. The number of primary amides is 1. The second kappa shape index (κ2) is 8.37. The van der Waals surface area contributed by atoms with Crippen molar-refractivity contribution >= 4 is 16.0 Å². The third kappa shape index (κ3) is 5.88. The van der Waals surface area contributed by atoms with Crippen LogP contribution < -0.4 is 17.2 Å². The van der Waals surface area contributed by atoms with Crippen LogP contribution in [0.4, 0.5) is 0 Å². The predicted octanol–water partition coefficient (Wildman–Crippen LogP) is -1.15. The second-order valence-electron chi connectivity index (χ2n) is 5.36. The van der Waals surface area contributed by atoms with Gasteiger partial charge in [0.05, 0.1) is 18.4 Å². The van der Waals surface area contributed by atoms with Crippen LogP contribution in [0.2, 0.25) is 0 Å². The molecule has 1 amide bonds. The van der Waals surface area contributed by atoms with Crippen LogP contribution in [0.5, 0.6) is 0 Å². The SMILES string of the molecule is NCC(C[C@H](N)C(N)=O)c1cccc(CCS(=O)(=O)O)c1CO. The Morgan fingerprint density at radius 2 is 1.96 bits per heavy atom. The molecule has 0 heterocycles. The molecule has 0 aliphatic rings. The van der Waals surface area contributed by atoms with E-state index in [9.17, 15) is 18.3 Å². The molecule has 8 N–H and O–H groups in total. The van der Waals surface area contributed by atoms with E-state index in [0.717, 1.165) is 0 Å². The van der Waals surface area contributed by atoms with E-state index in [4.69, 9.17) is 21.8 Å². The number of hydrogen-bond acceptors (Lipinski definition) is 6. The fourth-order valence-corrected chi connectivity index (χ4v) is 2.95. The molecule has 1 aromatic rings. The first kappa shape index (κ1) is 19.5. The number of benzene rings is 1. The number of aryl methyl sites for hydroxylation is 1. The van der Waals surface area contributed by atoms with Gasteiger partial charge in [-0.25, -0.2) is 0 Å². The number of carbonyl (C=O) groups is 1. The monoisotopic (exact) mass is 345 g/mol. The van der Waals surface area contributed by atoms with E-state index in [-0.39, 0.29) is 31.9 Å². The number of carbonyl (C=O) groups excluding carboxylic acids is 1. The molecule has 1 unspecified atom stereocenters. The maximum atomic E-state index is 11.1. The molecule has 0 radical (unpaired) electrons. The van der Waals surface area contributed by atoms with Gasteiger partial charge in [0, 0.05) is 0 Å². The van der Waals surface area contributed by atoms with Crippen molar-refractivity contribution in [3.05, 3.63) is 34.9 Å². The van der Waals surface area contributed by atoms with Gasteiger partial charge in [-0.15, -0.1) is 0 Å². The summed E-state index contributed by atoms with van der Waals surface area (Å²) in [6, 6.07) is 4.25. The minimum Gasteiger partial charge on any atom is -0.392 e. The van der Waals surface area contributed by atoms with E-state index in [2.05, 4.69) is 0 Å². The minimum absolute atomic E-state index is 0.0573. The van der Waals surface area contributed by atoms with Crippen molar-refractivity contribution in [2.45, 2.75) is 31.4 Å². The van der Waals surface area contributed by atoms with Gasteiger partial charge in [0.1, 0.15) is 0 Å². The molecule has 0 aliphatic heterocycles. The lowest BCUT2D eigenvalue weighted by molar-refractivity contribution is -0.119. The molecule has 0 fully saturated rings. The summed E-state index contributed by atoms with van der Waals surface area (Å²) in [5, 5.41) is 9.64. The number of nitrogens with two attached hydrogens (primary N) is 3. The van der Waals surface area contributed by atoms with Crippen LogP contribution in [-0.4, -0.2) is 42.3 Å². The Morgan fingerprint density at radius 1 is 1.30 bits per heavy atom. The third-order valence-electron chi connectivity index (χ3n) is 3.72. The number of aliphatic hydroxyl groups excluding tert-OH is 1. The summed E-state index contributed by atoms with van der Waals surface area (Å²) in [6.45, 7) is -0.130. The number of aliphatic hydroxyl groups is 1. The van der Waals surface area contributed by atoms with Crippen LogP contribution in [0.25, 0.3) is 0 Å². The molecule has 130 valence electrons. The summed E-state index contributed by atoms with van der Waals surface area (Å²) in [5.74, 6) is -1.39. The molecule has 0 saturated carbocycles. The van der Waals surface area contributed by atoms with Gasteiger partial charge < -0.3 is 22.3 Å². The zero-order valence-electron chi connectivity index (χ0n) is 12.7. The molecule has 0 aliphatic carbocycles. The highest BCUT2D eigenvalue weighted by Gasteiger charge is 2.21. The molecular formula is C14H23N3O5S. The second-order valence-corrected chi connectivity index (χ2v) is 6.93. The summed E-state index contributed by atoms with van der Waals surface area (Å²) in [7, 11) is -4.10. The lowest BCUT2D eigenvalue weighted by atomic mass is 9.86. The fraction of sp³-hybridized carbons (Fsp3) is 0.500. The zero-order chi connectivity index (χ0) is 17.6. The van der Waals surface area contributed by atoms with E-state index < -0.39 is 27.8 Å². The quantitative estimate of drug-likeness (QED) is 0.352. The topological polar surface area (TPSA) is 170 Å². The van der Waals surface area contributed by atoms with Gasteiger partial charge in [0.15, 0.2) is 0 Å². The smallest absolute Gasteiger partial charge is 0.265 e. The van der Waals surface area contributed by atoms with E-state index in [1.165, 1.54) is 0 Å². The highest BCUT2D eigenvalue weighted by molar-refractivity contribution is 7.85. The van der Waals surface area contributed by atoms with Crippen LogP contribution in [0, 0.1) is 0 Å². The standard InChI is InChI=1S/C14H23N3O5S/c15-7-10(6-13(16)14(17)19)11-3-1-2-9(12(11)8-18)4-5-23(20,21)22/h1-3,10,13,18H,4-8,15-16H2,(H2,17,19)(H,20,21,22)/t10?,13-/m0/s1. The first-order chi connectivity index (χ1) is 10.7. The highest BCUT2D eigenvalue weighted by atomic mass is 32.2. The molecule has 0 spiro atoms. The predicted molar refractivity (Wildman–Crippen MR) is 86.1 cm³/mol. The van der Waals surface area contributed by atoms with Crippen molar-refractivity contribution in [3.63, 3.8) is 0 Å². The summed E-state index contributed by atoms with van der Waals surface area (Å²) in [5.41, 5.74) is 18.4. The average molecular weight is 345 g/mol. The average Bonchev–Trinajstić information content (AvgIpc) is 2.48. The largest absolute Gasteiger partial charge is 0.392 e. The van der Waals surface area contributed by atoms with Crippen LogP contribution >= 0.6 is 0 Å². The summed E-state index contributed by atoms with van der Waals surface area (Å²) in [4.78, 5) is 11.1.